The molecular weight excluding hydrogens is 384 g/mol. The first-order valence-electron chi connectivity index (χ1n) is 10.2. The number of hydrogen-bond donors (Lipinski definition) is 3. The zero-order valence-corrected chi connectivity index (χ0v) is 18.1. The van der Waals surface area contributed by atoms with Crippen molar-refractivity contribution < 1.29 is 24.5 Å². The van der Waals surface area contributed by atoms with Crippen molar-refractivity contribution in [3.63, 3.8) is 0 Å². The van der Waals surface area contributed by atoms with Crippen LogP contribution in [0.25, 0.3) is 11.0 Å². The lowest BCUT2D eigenvalue weighted by Crippen LogP contribution is -2.35. The molecule has 30 heavy (non-hydrogen) atoms. The maximum atomic E-state index is 11.3. The smallest absolute Gasteiger partial charge is 0.336 e. The number of aliphatic hydroxyl groups is 2. The van der Waals surface area contributed by atoms with Gasteiger partial charge in [0.2, 0.25) is 0 Å². The highest BCUT2D eigenvalue weighted by Crippen LogP contribution is 2.29. The molecule has 0 saturated heterocycles. The van der Waals surface area contributed by atoms with Gasteiger partial charge in [-0.15, -0.1) is 0 Å². The van der Waals surface area contributed by atoms with Gasteiger partial charge in [-0.3, -0.25) is 0 Å². The number of benzene rings is 1. The Labute approximate surface area is 177 Å². The van der Waals surface area contributed by atoms with E-state index in [9.17, 15) is 20.1 Å². The zero-order chi connectivity index (χ0) is 22.3. The van der Waals surface area contributed by atoms with E-state index in [1.165, 1.54) is 29.3 Å². The summed E-state index contributed by atoms with van der Waals surface area (Å²) in [5.41, 5.74) is 1.09. The van der Waals surface area contributed by atoms with Crippen molar-refractivity contribution in [2.45, 2.75) is 65.1 Å². The molecule has 0 fully saturated rings. The third kappa shape index (κ3) is 7.35. The average Bonchev–Trinajstić information content (AvgIpc) is 2.65. The van der Waals surface area contributed by atoms with E-state index in [1.54, 1.807) is 19.9 Å². The van der Waals surface area contributed by atoms with Crippen LogP contribution < -0.4 is 10.4 Å². The Kier molecular flexibility index (Phi) is 8.26. The number of rotatable bonds is 10. The van der Waals surface area contributed by atoms with E-state index in [-0.39, 0.29) is 11.3 Å². The summed E-state index contributed by atoms with van der Waals surface area (Å²) in [6.45, 7) is 7.63. The number of hydrogen-bond acceptors (Lipinski definition) is 6. The molecule has 0 unspecified atom stereocenters. The Bertz CT molecular complexity index is 962. The van der Waals surface area contributed by atoms with Gasteiger partial charge >= 0.3 is 5.63 Å². The summed E-state index contributed by atoms with van der Waals surface area (Å²) >= 11 is 0. The molecular formula is C24H32O6. The fourth-order valence-corrected chi connectivity index (χ4v) is 2.96. The third-order valence-electron chi connectivity index (χ3n) is 5.03. The lowest BCUT2D eigenvalue weighted by molar-refractivity contribution is -0.0509. The number of fused-ring (bicyclic) bond motifs is 1. The Hall–Kier alpha value is -2.57. The van der Waals surface area contributed by atoms with Crippen LogP contribution >= 0.6 is 0 Å². The van der Waals surface area contributed by atoms with Crippen LogP contribution in [-0.4, -0.2) is 33.6 Å². The van der Waals surface area contributed by atoms with Crippen LogP contribution in [-0.2, 0) is 0 Å². The highest BCUT2D eigenvalue weighted by molar-refractivity contribution is 5.84. The van der Waals surface area contributed by atoms with Gasteiger partial charge in [-0.2, -0.15) is 0 Å². The molecule has 1 heterocycles. The van der Waals surface area contributed by atoms with Gasteiger partial charge in [0.25, 0.3) is 0 Å². The first-order chi connectivity index (χ1) is 14.1. The van der Waals surface area contributed by atoms with Crippen LogP contribution in [0.4, 0.5) is 0 Å². The third-order valence-corrected chi connectivity index (χ3v) is 5.03. The minimum Gasteiger partial charge on any atom is -0.507 e. The highest BCUT2D eigenvalue weighted by atomic mass is 16.5. The molecule has 3 N–H and O–H groups in total. The first kappa shape index (κ1) is 23.7. The molecule has 0 aliphatic rings. The van der Waals surface area contributed by atoms with Gasteiger partial charge in [-0.1, -0.05) is 17.2 Å². The van der Waals surface area contributed by atoms with Crippen molar-refractivity contribution in [1.82, 2.24) is 0 Å². The van der Waals surface area contributed by atoms with Gasteiger partial charge in [0, 0.05) is 18.2 Å². The molecule has 0 aliphatic heterocycles. The molecule has 0 radical (unpaired) electrons. The molecule has 164 valence electrons. The molecule has 6 nitrogen and oxygen atoms in total. The zero-order valence-electron chi connectivity index (χ0n) is 18.1. The van der Waals surface area contributed by atoms with Crippen molar-refractivity contribution in [1.29, 1.82) is 0 Å². The van der Waals surface area contributed by atoms with Crippen molar-refractivity contribution in [2.75, 3.05) is 6.61 Å². The van der Waals surface area contributed by atoms with Crippen molar-refractivity contribution in [3.8, 4) is 11.5 Å². The summed E-state index contributed by atoms with van der Waals surface area (Å²) in [7, 11) is 0. The van der Waals surface area contributed by atoms with Crippen LogP contribution in [0.5, 0.6) is 11.5 Å². The van der Waals surface area contributed by atoms with Gasteiger partial charge in [-0.25, -0.2) is 4.79 Å². The topological polar surface area (TPSA) is 100 Å². The van der Waals surface area contributed by atoms with Crippen molar-refractivity contribution in [2.24, 2.45) is 0 Å². The summed E-state index contributed by atoms with van der Waals surface area (Å²) in [6.07, 6.45) is 6.44. The van der Waals surface area contributed by atoms with Gasteiger partial charge in [0.15, 0.2) is 0 Å². The van der Waals surface area contributed by atoms with E-state index in [0.29, 0.717) is 24.2 Å². The predicted molar refractivity (Wildman–Crippen MR) is 118 cm³/mol. The van der Waals surface area contributed by atoms with Gasteiger partial charge < -0.3 is 24.5 Å². The molecule has 0 bridgehead atoms. The van der Waals surface area contributed by atoms with Crippen molar-refractivity contribution in [3.05, 3.63) is 58.0 Å². The number of ether oxygens (including phenoxy) is 1. The summed E-state index contributed by atoms with van der Waals surface area (Å²) in [5, 5.41) is 30.2. The van der Waals surface area contributed by atoms with Gasteiger partial charge in [0.05, 0.1) is 17.1 Å². The normalized spacial score (nSPS) is 14.2. The lowest BCUT2D eigenvalue weighted by Gasteiger charge is -2.24. The largest absolute Gasteiger partial charge is 0.507 e. The Morgan fingerprint density at radius 1 is 1.17 bits per heavy atom. The van der Waals surface area contributed by atoms with Gasteiger partial charge in [0.1, 0.15) is 23.7 Å². The van der Waals surface area contributed by atoms with Crippen LogP contribution in [0.1, 0.15) is 53.4 Å². The standard InChI is InChI=1S/C24H32O6/c1-16(8-10-22(26)24(3,4)28)6-5-7-17(2)12-13-29-18-14-20(25)19-9-11-23(27)30-21(19)15-18/h6,9,11-12,14-15,22,25-26,28H,5,7-8,10,13H2,1-4H3/b16-6+,17-12+/t22-/m1/s1. The van der Waals surface area contributed by atoms with Gasteiger partial charge in [-0.05, 0) is 65.5 Å². The molecule has 1 aromatic carbocycles. The molecule has 1 aromatic heterocycles. The second kappa shape index (κ2) is 10.5. The minimum atomic E-state index is -1.08. The van der Waals surface area contributed by atoms with Crippen LogP contribution in [0.2, 0.25) is 0 Å². The summed E-state index contributed by atoms with van der Waals surface area (Å²) < 4.78 is 10.8. The molecule has 0 saturated carbocycles. The SMILES string of the molecule is C/C(=C\COc1cc(O)c2ccc(=O)oc2c1)CC/C=C(\C)CC[C@@H](O)C(C)(C)O. The van der Waals surface area contributed by atoms with Crippen molar-refractivity contribution >= 4 is 11.0 Å². The van der Waals surface area contributed by atoms with E-state index < -0.39 is 17.3 Å². The number of aliphatic hydroxyl groups excluding tert-OH is 1. The molecule has 2 rings (SSSR count). The predicted octanol–water partition coefficient (Wildman–Crippen LogP) is 4.46. The number of phenols is 1. The summed E-state index contributed by atoms with van der Waals surface area (Å²) in [5.74, 6) is 0.432. The second-order valence-electron chi connectivity index (χ2n) is 8.27. The fraction of sp³-hybridized carbons (Fsp3) is 0.458. The van der Waals surface area contributed by atoms with E-state index in [1.807, 2.05) is 19.9 Å². The minimum absolute atomic E-state index is 0.00210. The molecule has 0 aliphatic carbocycles. The molecule has 2 aromatic rings. The fourth-order valence-electron chi connectivity index (χ4n) is 2.96. The molecule has 1 atom stereocenters. The highest BCUT2D eigenvalue weighted by Gasteiger charge is 2.23. The first-order valence-corrected chi connectivity index (χ1v) is 10.2. The quantitative estimate of drug-likeness (QED) is 0.390. The monoisotopic (exact) mass is 416 g/mol. The molecule has 6 heteroatoms. The van der Waals surface area contributed by atoms with E-state index in [2.05, 4.69) is 6.08 Å². The summed E-state index contributed by atoms with van der Waals surface area (Å²) in [6, 6.07) is 5.87. The average molecular weight is 417 g/mol. The number of aromatic hydroxyl groups is 1. The van der Waals surface area contributed by atoms with Crippen LogP contribution in [0.15, 0.2) is 56.8 Å². The van der Waals surface area contributed by atoms with Crippen LogP contribution in [0, 0.1) is 0 Å². The number of phenolic OH excluding ortho intramolecular Hbond substituents is 1. The Balaban J connectivity index is 1.82. The lowest BCUT2D eigenvalue weighted by atomic mass is 9.95. The number of allylic oxidation sites excluding steroid dienone is 3. The Morgan fingerprint density at radius 2 is 1.87 bits per heavy atom. The van der Waals surface area contributed by atoms with E-state index >= 15 is 0 Å². The molecule has 0 spiro atoms. The Morgan fingerprint density at radius 3 is 2.57 bits per heavy atom. The van der Waals surface area contributed by atoms with E-state index in [0.717, 1.165) is 19.3 Å². The van der Waals surface area contributed by atoms with E-state index in [4.69, 9.17) is 9.15 Å². The second-order valence-corrected chi connectivity index (χ2v) is 8.27. The summed E-state index contributed by atoms with van der Waals surface area (Å²) in [4.78, 5) is 11.3. The maximum absolute atomic E-state index is 11.3. The molecule has 0 amide bonds. The maximum Gasteiger partial charge on any atom is 0.336 e. The van der Waals surface area contributed by atoms with Crippen LogP contribution in [0.3, 0.4) is 0 Å².